The summed E-state index contributed by atoms with van der Waals surface area (Å²) >= 11 is 1.64. The Kier molecular flexibility index (Phi) is 10.5. The summed E-state index contributed by atoms with van der Waals surface area (Å²) in [5.41, 5.74) is 1.19. The van der Waals surface area contributed by atoms with Crippen molar-refractivity contribution in [3.05, 3.63) is 35.9 Å². The van der Waals surface area contributed by atoms with Crippen LogP contribution in [0.2, 0.25) is 0 Å². The molecule has 0 aliphatic rings. The highest BCUT2D eigenvalue weighted by Gasteiger charge is 2.14. The van der Waals surface area contributed by atoms with Gasteiger partial charge < -0.3 is 20.7 Å². The Morgan fingerprint density at radius 2 is 1.65 bits per heavy atom. The minimum atomic E-state index is -0.899. The van der Waals surface area contributed by atoms with Gasteiger partial charge in [0.25, 0.3) is 0 Å². The lowest BCUT2D eigenvalue weighted by Crippen LogP contribution is -2.45. The lowest BCUT2D eigenvalue weighted by atomic mass is 10.2. The number of rotatable bonds is 10. The van der Waals surface area contributed by atoms with Crippen LogP contribution in [0.1, 0.15) is 12.5 Å². The van der Waals surface area contributed by atoms with Crippen molar-refractivity contribution < 1.29 is 23.9 Å². The minimum absolute atomic E-state index is 0.218. The highest BCUT2D eigenvalue weighted by atomic mass is 32.2. The van der Waals surface area contributed by atoms with E-state index in [2.05, 4.69) is 20.7 Å². The van der Waals surface area contributed by atoms with Crippen molar-refractivity contribution in [1.82, 2.24) is 16.0 Å². The summed E-state index contributed by atoms with van der Waals surface area (Å²) in [6.45, 7) is 1.54. The number of nitrogens with one attached hydrogen (secondary N) is 3. The first-order chi connectivity index (χ1) is 12.5. The fourth-order valence-electron chi connectivity index (χ4n) is 1.77. The maximum atomic E-state index is 11.6. The second kappa shape index (κ2) is 12.8. The highest BCUT2D eigenvalue weighted by Crippen LogP contribution is 2.10. The molecule has 0 bridgehead atoms. The van der Waals surface area contributed by atoms with Gasteiger partial charge in [0.15, 0.2) is 0 Å². The molecule has 0 fully saturated rings. The summed E-state index contributed by atoms with van der Waals surface area (Å²) in [6, 6.07) is 9.91. The molecule has 142 valence electrons. The van der Waals surface area contributed by atoms with Gasteiger partial charge >= 0.3 is 17.8 Å². The molecule has 1 aromatic carbocycles. The maximum Gasteiger partial charge on any atom is 0.325 e. The van der Waals surface area contributed by atoms with Crippen LogP contribution < -0.4 is 16.0 Å². The molecule has 8 nitrogen and oxygen atoms in total. The van der Waals surface area contributed by atoms with E-state index in [0.29, 0.717) is 12.3 Å². The Balaban J connectivity index is 2.09. The van der Waals surface area contributed by atoms with E-state index in [9.17, 15) is 19.2 Å². The molecule has 0 saturated carbocycles. The fourth-order valence-corrected chi connectivity index (χ4v) is 2.59. The first-order valence-corrected chi connectivity index (χ1v) is 9.28. The van der Waals surface area contributed by atoms with Crippen LogP contribution in [0.15, 0.2) is 30.3 Å². The molecule has 0 spiro atoms. The molecule has 1 rings (SSSR count). The van der Waals surface area contributed by atoms with E-state index in [1.54, 1.807) is 18.7 Å². The Bertz CT molecular complexity index is 610. The number of hydrogen-bond acceptors (Lipinski definition) is 6. The van der Waals surface area contributed by atoms with Crippen molar-refractivity contribution in [1.29, 1.82) is 0 Å². The summed E-state index contributed by atoms with van der Waals surface area (Å²) in [5.74, 6) is -1.37. The van der Waals surface area contributed by atoms with Crippen LogP contribution in [0.3, 0.4) is 0 Å². The average molecular weight is 381 g/mol. The number of ether oxygens (including phenoxy) is 1. The normalized spacial score (nSPS) is 9.88. The third kappa shape index (κ3) is 9.67. The zero-order valence-corrected chi connectivity index (χ0v) is 15.4. The van der Waals surface area contributed by atoms with E-state index in [-0.39, 0.29) is 13.2 Å². The SMILES string of the molecule is CCOC(=O)CNC(=O)CNC(=O)C(=O)NCCSCc1ccccc1. The van der Waals surface area contributed by atoms with Gasteiger partial charge in [-0.3, -0.25) is 19.2 Å². The van der Waals surface area contributed by atoms with Crippen LogP contribution in [0, 0.1) is 0 Å². The van der Waals surface area contributed by atoms with Crippen LogP contribution >= 0.6 is 11.8 Å². The first-order valence-electron chi connectivity index (χ1n) is 8.13. The minimum Gasteiger partial charge on any atom is -0.465 e. The van der Waals surface area contributed by atoms with Crippen molar-refractivity contribution in [2.75, 3.05) is 32.0 Å². The maximum absolute atomic E-state index is 11.6. The zero-order chi connectivity index (χ0) is 19.2. The molecular formula is C17H23N3O5S. The molecule has 0 heterocycles. The lowest BCUT2D eigenvalue weighted by molar-refractivity contribution is -0.143. The smallest absolute Gasteiger partial charge is 0.325 e. The van der Waals surface area contributed by atoms with Gasteiger partial charge in [0, 0.05) is 18.1 Å². The van der Waals surface area contributed by atoms with Gasteiger partial charge in [-0.15, -0.1) is 0 Å². The first kappa shape index (κ1) is 21.5. The summed E-state index contributed by atoms with van der Waals surface area (Å²) in [7, 11) is 0. The molecule has 0 aliphatic heterocycles. The average Bonchev–Trinajstić information content (AvgIpc) is 2.65. The molecule has 0 unspecified atom stereocenters. The molecular weight excluding hydrogens is 358 g/mol. The molecule has 0 aliphatic carbocycles. The summed E-state index contributed by atoms with van der Waals surface area (Å²) in [4.78, 5) is 45.7. The fraction of sp³-hybridized carbons (Fsp3) is 0.412. The van der Waals surface area contributed by atoms with Crippen LogP contribution in [-0.4, -0.2) is 55.7 Å². The topological polar surface area (TPSA) is 114 Å². The third-order valence-electron chi connectivity index (χ3n) is 2.99. The van der Waals surface area contributed by atoms with Gasteiger partial charge in [0.2, 0.25) is 5.91 Å². The summed E-state index contributed by atoms with van der Waals surface area (Å²) < 4.78 is 4.64. The van der Waals surface area contributed by atoms with Crippen LogP contribution in [-0.2, 0) is 29.7 Å². The van der Waals surface area contributed by atoms with E-state index >= 15 is 0 Å². The predicted octanol–water partition coefficient (Wildman–Crippen LogP) is -0.168. The van der Waals surface area contributed by atoms with E-state index < -0.39 is 30.2 Å². The van der Waals surface area contributed by atoms with Gasteiger partial charge in [-0.1, -0.05) is 30.3 Å². The number of carbonyl (C=O) groups is 4. The molecule has 0 atom stereocenters. The van der Waals surface area contributed by atoms with E-state index in [1.165, 1.54) is 5.56 Å². The number of amides is 3. The monoisotopic (exact) mass is 381 g/mol. The quantitative estimate of drug-likeness (QED) is 0.295. The van der Waals surface area contributed by atoms with E-state index in [0.717, 1.165) is 5.75 Å². The standard InChI is InChI=1S/C17H23N3O5S/c1-2-25-15(22)11-19-14(21)10-20-17(24)16(23)18-8-9-26-12-13-6-4-3-5-7-13/h3-7H,2,8-12H2,1H3,(H,18,23)(H,19,21)(H,20,24). The molecule has 1 aromatic rings. The van der Waals surface area contributed by atoms with Crippen molar-refractivity contribution in [2.24, 2.45) is 0 Å². The Morgan fingerprint density at radius 1 is 0.962 bits per heavy atom. The second-order valence-corrected chi connectivity index (χ2v) is 6.16. The van der Waals surface area contributed by atoms with Crippen LogP contribution in [0.4, 0.5) is 0 Å². The number of hydrogen-bond donors (Lipinski definition) is 3. The number of benzene rings is 1. The van der Waals surface area contributed by atoms with Crippen molar-refractivity contribution in [2.45, 2.75) is 12.7 Å². The molecule has 0 aromatic heterocycles. The number of thioether (sulfide) groups is 1. The summed E-state index contributed by atoms with van der Waals surface area (Å²) in [6.07, 6.45) is 0. The predicted molar refractivity (Wildman–Crippen MR) is 98.3 cm³/mol. The third-order valence-corrected chi connectivity index (χ3v) is 4.02. The Morgan fingerprint density at radius 3 is 2.35 bits per heavy atom. The second-order valence-electron chi connectivity index (χ2n) is 5.06. The summed E-state index contributed by atoms with van der Waals surface area (Å²) in [5, 5.41) is 6.94. The van der Waals surface area contributed by atoms with Gasteiger partial charge in [-0.2, -0.15) is 11.8 Å². The van der Waals surface area contributed by atoms with Crippen molar-refractivity contribution in [3.63, 3.8) is 0 Å². The van der Waals surface area contributed by atoms with E-state index in [4.69, 9.17) is 0 Å². The van der Waals surface area contributed by atoms with Crippen molar-refractivity contribution >= 4 is 35.5 Å². The molecule has 26 heavy (non-hydrogen) atoms. The zero-order valence-electron chi connectivity index (χ0n) is 14.6. The van der Waals surface area contributed by atoms with E-state index in [1.807, 2.05) is 30.3 Å². The van der Waals surface area contributed by atoms with Crippen molar-refractivity contribution in [3.8, 4) is 0 Å². The Hall–Kier alpha value is -2.55. The van der Waals surface area contributed by atoms with Crippen LogP contribution in [0.5, 0.6) is 0 Å². The van der Waals surface area contributed by atoms with Gasteiger partial charge in [0.05, 0.1) is 13.2 Å². The lowest BCUT2D eigenvalue weighted by Gasteiger charge is -2.07. The molecule has 9 heteroatoms. The molecule has 0 saturated heterocycles. The Labute approximate surface area is 156 Å². The van der Waals surface area contributed by atoms with Crippen LogP contribution in [0.25, 0.3) is 0 Å². The van der Waals surface area contributed by atoms with Gasteiger partial charge in [0.1, 0.15) is 6.54 Å². The van der Waals surface area contributed by atoms with Gasteiger partial charge in [-0.05, 0) is 12.5 Å². The van der Waals surface area contributed by atoms with Gasteiger partial charge in [-0.25, -0.2) is 0 Å². The number of carbonyl (C=O) groups excluding carboxylic acids is 4. The molecule has 3 N–H and O–H groups in total. The molecule has 3 amide bonds. The number of esters is 1. The molecule has 0 radical (unpaired) electrons. The highest BCUT2D eigenvalue weighted by molar-refractivity contribution is 7.98. The largest absolute Gasteiger partial charge is 0.465 e.